The molecule has 0 heterocycles. The van der Waals surface area contributed by atoms with Crippen LogP contribution in [0.2, 0.25) is 12.1 Å². The minimum atomic E-state index is -1.84. The first-order valence-corrected chi connectivity index (χ1v) is 11.3. The Hall–Kier alpha value is -1.86. The van der Waals surface area contributed by atoms with E-state index in [0.29, 0.717) is 5.54 Å². The van der Waals surface area contributed by atoms with Crippen LogP contribution in [0, 0.1) is 0 Å². The van der Waals surface area contributed by atoms with Gasteiger partial charge in [-0.3, -0.25) is 0 Å². The highest BCUT2D eigenvalue weighted by Crippen LogP contribution is 2.37. The normalized spacial score (nSPS) is 17.3. The first kappa shape index (κ1) is 16.0. The van der Waals surface area contributed by atoms with Crippen LogP contribution in [-0.2, 0) is 0 Å². The third kappa shape index (κ3) is 3.11. The predicted molar refractivity (Wildman–Crippen MR) is 104 cm³/mol. The maximum absolute atomic E-state index is 2.54. The summed E-state index contributed by atoms with van der Waals surface area (Å²) in [4.78, 5) is 0. The highest BCUT2D eigenvalue weighted by molar-refractivity contribution is 7.03. The summed E-state index contributed by atoms with van der Waals surface area (Å²) in [5.74, 6) is 0. The Kier molecular flexibility index (Phi) is 4.97. The van der Waals surface area contributed by atoms with E-state index in [4.69, 9.17) is 0 Å². The molecular formula is C22H26Si. The second kappa shape index (κ2) is 7.14. The molecule has 0 aliphatic heterocycles. The van der Waals surface area contributed by atoms with Crippen LogP contribution in [-0.4, -0.2) is 8.07 Å². The van der Waals surface area contributed by atoms with Crippen LogP contribution >= 0.6 is 0 Å². The molecule has 2 aromatic rings. The summed E-state index contributed by atoms with van der Waals surface area (Å²) in [5.41, 5.74) is 2.22. The molecule has 0 nitrogen and oxygen atoms in total. The standard InChI is InChI=1S/C22H26Si/c1-3-4-12-19-13-11-18-22(19)23(2,20-14-7-5-8-15-20)21-16-9-6-10-17-21/h5-11,13-18,22H,3-4,12H2,1-2H3. The van der Waals surface area contributed by atoms with Crippen molar-refractivity contribution in [3.8, 4) is 0 Å². The second-order valence-electron chi connectivity index (χ2n) is 6.64. The number of rotatable bonds is 6. The Bertz CT molecular complexity index is 643. The van der Waals surface area contributed by atoms with Gasteiger partial charge in [0, 0.05) is 5.54 Å². The van der Waals surface area contributed by atoms with Crippen LogP contribution in [0.5, 0.6) is 0 Å². The number of hydrogen-bond donors (Lipinski definition) is 0. The highest BCUT2D eigenvalue weighted by Gasteiger charge is 2.41. The molecule has 3 rings (SSSR count). The largest absolute Gasteiger partial charge is 0.125 e. The molecule has 0 fully saturated rings. The Labute approximate surface area is 141 Å². The molecule has 1 aliphatic carbocycles. The van der Waals surface area contributed by atoms with Crippen LogP contribution in [0.4, 0.5) is 0 Å². The molecule has 0 saturated heterocycles. The lowest BCUT2D eigenvalue weighted by molar-refractivity contribution is 0.776. The van der Waals surface area contributed by atoms with Crippen molar-refractivity contribution in [1.29, 1.82) is 0 Å². The number of allylic oxidation sites excluding steroid dienone is 4. The Morgan fingerprint density at radius 1 is 0.870 bits per heavy atom. The van der Waals surface area contributed by atoms with E-state index in [1.165, 1.54) is 29.6 Å². The van der Waals surface area contributed by atoms with Crippen molar-refractivity contribution in [3.63, 3.8) is 0 Å². The third-order valence-corrected chi connectivity index (χ3v) is 10.1. The molecule has 0 bridgehead atoms. The fourth-order valence-corrected chi connectivity index (χ4v) is 8.09. The number of hydrogen-bond acceptors (Lipinski definition) is 0. The first-order valence-electron chi connectivity index (χ1n) is 8.75. The van der Waals surface area contributed by atoms with Crippen LogP contribution in [0.3, 0.4) is 0 Å². The second-order valence-corrected chi connectivity index (χ2v) is 10.8. The number of benzene rings is 2. The molecule has 118 valence electrons. The fourth-order valence-electron chi connectivity index (χ4n) is 3.80. The van der Waals surface area contributed by atoms with Crippen molar-refractivity contribution in [1.82, 2.24) is 0 Å². The van der Waals surface area contributed by atoms with E-state index in [0.717, 1.165) is 0 Å². The lowest BCUT2D eigenvalue weighted by atomic mass is 10.1. The van der Waals surface area contributed by atoms with E-state index in [1.54, 1.807) is 5.57 Å². The van der Waals surface area contributed by atoms with Crippen molar-refractivity contribution < 1.29 is 0 Å². The van der Waals surface area contributed by atoms with Crippen molar-refractivity contribution in [2.75, 3.05) is 0 Å². The molecule has 1 atom stereocenters. The van der Waals surface area contributed by atoms with Crippen LogP contribution < -0.4 is 10.4 Å². The molecule has 0 radical (unpaired) electrons. The SMILES string of the molecule is CCCCC1=CC=CC1[Si](C)(c1ccccc1)c1ccccc1. The summed E-state index contributed by atoms with van der Waals surface area (Å²) >= 11 is 0. The minimum Gasteiger partial charge on any atom is -0.0794 e. The van der Waals surface area contributed by atoms with E-state index in [9.17, 15) is 0 Å². The zero-order chi connectivity index (χ0) is 16.1. The maximum Gasteiger partial charge on any atom is 0.125 e. The molecule has 0 aromatic heterocycles. The van der Waals surface area contributed by atoms with Gasteiger partial charge in [0.15, 0.2) is 0 Å². The van der Waals surface area contributed by atoms with Crippen molar-refractivity contribution in [2.45, 2.75) is 38.3 Å². The summed E-state index contributed by atoms with van der Waals surface area (Å²) in [7, 11) is -1.84. The average Bonchev–Trinajstić information content (AvgIpc) is 3.10. The van der Waals surface area contributed by atoms with Gasteiger partial charge >= 0.3 is 0 Å². The smallest absolute Gasteiger partial charge is 0.0794 e. The Morgan fingerprint density at radius 2 is 1.43 bits per heavy atom. The van der Waals surface area contributed by atoms with Gasteiger partial charge in [-0.15, -0.1) is 0 Å². The third-order valence-electron chi connectivity index (χ3n) is 5.20. The van der Waals surface area contributed by atoms with Gasteiger partial charge in [0.25, 0.3) is 0 Å². The first-order chi connectivity index (χ1) is 11.3. The van der Waals surface area contributed by atoms with Crippen LogP contribution in [0.1, 0.15) is 26.2 Å². The molecule has 0 N–H and O–H groups in total. The molecule has 1 aliphatic rings. The van der Waals surface area contributed by atoms with Gasteiger partial charge in [-0.05, 0) is 12.8 Å². The van der Waals surface area contributed by atoms with E-state index < -0.39 is 8.07 Å². The summed E-state index contributed by atoms with van der Waals surface area (Å²) in [6, 6.07) is 22.4. The van der Waals surface area contributed by atoms with Crippen molar-refractivity contribution in [2.24, 2.45) is 0 Å². The predicted octanol–water partition coefficient (Wildman–Crippen LogP) is 4.94. The van der Waals surface area contributed by atoms with Gasteiger partial charge in [-0.25, -0.2) is 0 Å². The van der Waals surface area contributed by atoms with E-state index in [1.807, 2.05) is 0 Å². The Morgan fingerprint density at radius 3 is 1.96 bits per heavy atom. The lowest BCUT2D eigenvalue weighted by Crippen LogP contribution is -2.58. The van der Waals surface area contributed by atoms with E-state index in [2.05, 4.69) is 92.4 Å². The van der Waals surface area contributed by atoms with Crippen LogP contribution in [0.15, 0.2) is 84.5 Å². The van der Waals surface area contributed by atoms with Gasteiger partial charge in [-0.1, -0.05) is 115 Å². The highest BCUT2D eigenvalue weighted by atomic mass is 28.3. The molecule has 1 unspecified atom stereocenters. The van der Waals surface area contributed by atoms with Gasteiger partial charge in [0.2, 0.25) is 0 Å². The molecule has 2 aromatic carbocycles. The fraction of sp³-hybridized carbons (Fsp3) is 0.273. The topological polar surface area (TPSA) is 0 Å². The van der Waals surface area contributed by atoms with Gasteiger partial charge < -0.3 is 0 Å². The summed E-state index contributed by atoms with van der Waals surface area (Å²) in [6.07, 6.45) is 10.9. The van der Waals surface area contributed by atoms with Gasteiger partial charge in [0.05, 0.1) is 0 Å². The molecule has 0 saturated carbocycles. The molecular weight excluding hydrogens is 292 g/mol. The van der Waals surface area contributed by atoms with Gasteiger partial charge in [-0.2, -0.15) is 0 Å². The van der Waals surface area contributed by atoms with Gasteiger partial charge in [0.1, 0.15) is 8.07 Å². The van der Waals surface area contributed by atoms with Crippen LogP contribution in [0.25, 0.3) is 0 Å². The average molecular weight is 319 g/mol. The molecule has 1 heteroatoms. The molecule has 0 amide bonds. The zero-order valence-corrected chi connectivity index (χ0v) is 15.2. The van der Waals surface area contributed by atoms with E-state index in [-0.39, 0.29) is 0 Å². The minimum absolute atomic E-state index is 0.582. The number of unbranched alkanes of at least 4 members (excludes halogenated alkanes) is 1. The molecule has 23 heavy (non-hydrogen) atoms. The summed E-state index contributed by atoms with van der Waals surface area (Å²) < 4.78 is 0. The zero-order valence-electron chi connectivity index (χ0n) is 14.2. The molecule has 0 spiro atoms. The Balaban J connectivity index is 2.07. The van der Waals surface area contributed by atoms with Crippen molar-refractivity contribution in [3.05, 3.63) is 84.5 Å². The summed E-state index contributed by atoms with van der Waals surface area (Å²) in [6.45, 7) is 4.82. The van der Waals surface area contributed by atoms with Crippen molar-refractivity contribution >= 4 is 18.4 Å². The monoisotopic (exact) mass is 318 g/mol. The summed E-state index contributed by atoms with van der Waals surface area (Å²) in [5, 5.41) is 3.07. The quantitative estimate of drug-likeness (QED) is 0.662. The maximum atomic E-state index is 2.54. The lowest BCUT2D eigenvalue weighted by Gasteiger charge is -2.36. The van der Waals surface area contributed by atoms with E-state index >= 15 is 0 Å².